The van der Waals surface area contributed by atoms with Gasteiger partial charge in [0, 0.05) is 0 Å². The molecule has 2 rings (SSSR count). The van der Waals surface area contributed by atoms with Crippen LogP contribution in [-0.2, 0) is 0 Å². The van der Waals surface area contributed by atoms with E-state index in [-0.39, 0.29) is 16.1 Å². The van der Waals surface area contributed by atoms with Gasteiger partial charge in [-0.05, 0) is 46.3 Å². The number of hydrogen-bond acceptors (Lipinski definition) is 2. The van der Waals surface area contributed by atoms with Gasteiger partial charge in [-0.25, -0.2) is 4.39 Å². The van der Waals surface area contributed by atoms with Crippen LogP contribution < -0.4 is 10.5 Å². The van der Waals surface area contributed by atoms with E-state index in [0.29, 0.717) is 22.1 Å². The molecule has 0 bridgehead atoms. The fourth-order valence-electron chi connectivity index (χ4n) is 1.52. The molecule has 6 heteroatoms. The van der Waals surface area contributed by atoms with Crippen LogP contribution >= 0.6 is 27.5 Å². The first kappa shape index (κ1) is 13.8. The molecule has 0 saturated carbocycles. The van der Waals surface area contributed by atoms with Gasteiger partial charge in [-0.1, -0.05) is 17.7 Å². The van der Waals surface area contributed by atoms with Crippen LogP contribution in [0.25, 0.3) is 0 Å². The molecule has 19 heavy (non-hydrogen) atoms. The Bertz CT molecular complexity index is 649. The van der Waals surface area contributed by atoms with Crippen LogP contribution in [0.2, 0.25) is 5.02 Å². The molecule has 0 fully saturated rings. The van der Waals surface area contributed by atoms with Crippen LogP contribution in [0.5, 0.6) is 11.5 Å². The molecule has 0 aliphatic heterocycles. The predicted molar refractivity (Wildman–Crippen MR) is 76.6 cm³/mol. The van der Waals surface area contributed by atoms with Gasteiger partial charge in [0.25, 0.3) is 0 Å². The summed E-state index contributed by atoms with van der Waals surface area (Å²) in [5.74, 6) is 0.184. The summed E-state index contributed by atoms with van der Waals surface area (Å²) < 4.78 is 19.0. The zero-order valence-corrected chi connectivity index (χ0v) is 11.9. The van der Waals surface area contributed by atoms with Crippen LogP contribution in [0, 0.1) is 11.2 Å². The summed E-state index contributed by atoms with van der Waals surface area (Å²) in [6.07, 6.45) is 0. The van der Waals surface area contributed by atoms with Gasteiger partial charge in [-0.15, -0.1) is 0 Å². The van der Waals surface area contributed by atoms with E-state index in [9.17, 15) is 4.39 Å². The van der Waals surface area contributed by atoms with E-state index < -0.39 is 0 Å². The third kappa shape index (κ3) is 3.05. The van der Waals surface area contributed by atoms with Gasteiger partial charge in [-0.3, -0.25) is 5.41 Å². The highest BCUT2D eigenvalue weighted by molar-refractivity contribution is 9.10. The van der Waals surface area contributed by atoms with Gasteiger partial charge in [-0.2, -0.15) is 0 Å². The number of ether oxygens (including phenoxy) is 1. The number of amidine groups is 1. The molecule has 3 N–H and O–H groups in total. The van der Waals surface area contributed by atoms with Crippen molar-refractivity contribution in [2.75, 3.05) is 0 Å². The smallest absolute Gasteiger partial charge is 0.139 e. The monoisotopic (exact) mass is 342 g/mol. The minimum absolute atomic E-state index is 0.193. The van der Waals surface area contributed by atoms with Crippen molar-refractivity contribution < 1.29 is 9.13 Å². The third-order valence-electron chi connectivity index (χ3n) is 2.36. The second-order valence-electron chi connectivity index (χ2n) is 3.70. The van der Waals surface area contributed by atoms with Crippen molar-refractivity contribution in [2.45, 2.75) is 0 Å². The maximum atomic E-state index is 13.1. The Balaban J connectivity index is 2.40. The van der Waals surface area contributed by atoms with E-state index in [1.54, 1.807) is 18.2 Å². The number of hydrogen-bond donors (Lipinski definition) is 2. The van der Waals surface area contributed by atoms with Gasteiger partial charge in [0.1, 0.15) is 23.2 Å². The highest BCUT2D eigenvalue weighted by atomic mass is 79.9. The number of nitrogens with two attached hydrogens (primary N) is 1. The first-order valence-electron chi connectivity index (χ1n) is 5.25. The van der Waals surface area contributed by atoms with Crippen LogP contribution in [0.15, 0.2) is 40.9 Å². The molecule has 0 aliphatic rings. The summed E-state index contributed by atoms with van der Waals surface area (Å²) in [6, 6.07) is 9.18. The van der Waals surface area contributed by atoms with E-state index in [2.05, 4.69) is 15.9 Å². The molecule has 98 valence electrons. The van der Waals surface area contributed by atoms with Crippen molar-refractivity contribution >= 4 is 33.4 Å². The van der Waals surface area contributed by atoms with Crippen molar-refractivity contribution in [3.05, 3.63) is 57.3 Å². The van der Waals surface area contributed by atoms with Crippen LogP contribution in [-0.4, -0.2) is 5.84 Å². The van der Waals surface area contributed by atoms with E-state index in [4.69, 9.17) is 27.5 Å². The Morgan fingerprint density at radius 2 is 2.05 bits per heavy atom. The highest BCUT2D eigenvalue weighted by Crippen LogP contribution is 2.31. The highest BCUT2D eigenvalue weighted by Gasteiger charge is 2.12. The molecule has 0 saturated heterocycles. The second-order valence-corrected chi connectivity index (χ2v) is 4.97. The first-order chi connectivity index (χ1) is 8.99. The summed E-state index contributed by atoms with van der Waals surface area (Å²) in [5.41, 5.74) is 5.78. The Labute approximate surface area is 122 Å². The average molecular weight is 344 g/mol. The Kier molecular flexibility index (Phi) is 4.07. The normalized spacial score (nSPS) is 10.3. The fraction of sp³-hybridized carbons (Fsp3) is 0. The number of benzene rings is 2. The molecule has 0 unspecified atom stereocenters. The molecule has 3 nitrogen and oxygen atoms in total. The summed E-state index contributed by atoms with van der Waals surface area (Å²) in [5, 5.41) is 7.83. The molecular formula is C13H9BrClFN2O. The van der Waals surface area contributed by atoms with Gasteiger partial charge >= 0.3 is 0 Å². The molecule has 0 amide bonds. The van der Waals surface area contributed by atoms with Crippen molar-refractivity contribution in [3.63, 3.8) is 0 Å². The molecule has 0 aliphatic carbocycles. The lowest BCUT2D eigenvalue weighted by Crippen LogP contribution is -2.13. The van der Waals surface area contributed by atoms with Crippen molar-refractivity contribution in [2.24, 2.45) is 5.73 Å². The SMILES string of the molecule is N=C(N)c1c(Cl)cccc1Oc1ccc(F)c(Br)c1. The Morgan fingerprint density at radius 1 is 1.32 bits per heavy atom. The van der Waals surface area contributed by atoms with Crippen LogP contribution in [0.1, 0.15) is 5.56 Å². The number of halogens is 3. The number of nitrogens with one attached hydrogen (secondary N) is 1. The first-order valence-corrected chi connectivity index (χ1v) is 6.42. The van der Waals surface area contributed by atoms with Crippen LogP contribution in [0.4, 0.5) is 4.39 Å². The minimum atomic E-state index is -0.384. The van der Waals surface area contributed by atoms with Crippen molar-refractivity contribution in [3.8, 4) is 11.5 Å². The number of rotatable bonds is 3. The topological polar surface area (TPSA) is 59.1 Å². The van der Waals surface area contributed by atoms with E-state index >= 15 is 0 Å². The lowest BCUT2D eigenvalue weighted by molar-refractivity contribution is 0.479. The Hall–Kier alpha value is -1.59. The van der Waals surface area contributed by atoms with Crippen molar-refractivity contribution in [1.82, 2.24) is 0 Å². The molecule has 0 aromatic heterocycles. The summed E-state index contributed by atoms with van der Waals surface area (Å²) in [4.78, 5) is 0. The standard InChI is InChI=1S/C13H9BrClFN2O/c14-8-6-7(4-5-10(8)16)19-11-3-1-2-9(15)12(11)13(17)18/h1-6H,(H3,17,18). The zero-order valence-electron chi connectivity index (χ0n) is 9.58. The second kappa shape index (κ2) is 5.59. The Morgan fingerprint density at radius 3 is 2.68 bits per heavy atom. The fourth-order valence-corrected chi connectivity index (χ4v) is 2.14. The third-order valence-corrected chi connectivity index (χ3v) is 3.29. The summed E-state index contributed by atoms with van der Waals surface area (Å²) in [7, 11) is 0. The van der Waals surface area contributed by atoms with E-state index in [1.165, 1.54) is 18.2 Å². The molecule has 0 radical (unpaired) electrons. The molecule has 2 aromatic carbocycles. The summed E-state index contributed by atoms with van der Waals surface area (Å²) in [6.45, 7) is 0. The molecule has 0 atom stereocenters. The van der Waals surface area contributed by atoms with Crippen LogP contribution in [0.3, 0.4) is 0 Å². The largest absolute Gasteiger partial charge is 0.457 e. The maximum Gasteiger partial charge on any atom is 0.139 e. The maximum absolute atomic E-state index is 13.1. The van der Waals surface area contributed by atoms with Gasteiger partial charge in [0.15, 0.2) is 0 Å². The molecule has 0 spiro atoms. The predicted octanol–water partition coefficient (Wildman–Crippen LogP) is 4.32. The van der Waals surface area contributed by atoms with Gasteiger partial charge in [0.2, 0.25) is 0 Å². The quantitative estimate of drug-likeness (QED) is 0.644. The number of nitrogen functional groups attached to an aromatic ring is 1. The summed E-state index contributed by atoms with van der Waals surface area (Å²) >= 11 is 9.05. The molecular weight excluding hydrogens is 335 g/mol. The van der Waals surface area contributed by atoms with E-state index in [0.717, 1.165) is 0 Å². The molecule has 2 aromatic rings. The lowest BCUT2D eigenvalue weighted by Gasteiger charge is -2.11. The lowest BCUT2D eigenvalue weighted by atomic mass is 10.2. The molecule has 0 heterocycles. The van der Waals surface area contributed by atoms with E-state index in [1.807, 2.05) is 0 Å². The van der Waals surface area contributed by atoms with Gasteiger partial charge in [0.05, 0.1) is 15.1 Å². The van der Waals surface area contributed by atoms with Gasteiger partial charge < -0.3 is 10.5 Å². The average Bonchev–Trinajstić information content (AvgIpc) is 2.33. The van der Waals surface area contributed by atoms with Crippen molar-refractivity contribution in [1.29, 1.82) is 5.41 Å². The minimum Gasteiger partial charge on any atom is -0.457 e. The zero-order chi connectivity index (χ0) is 14.0.